The second kappa shape index (κ2) is 6.14. The highest BCUT2D eigenvalue weighted by molar-refractivity contribution is 9.10. The van der Waals surface area contributed by atoms with Gasteiger partial charge in [-0.2, -0.15) is 0 Å². The molecule has 6 nitrogen and oxygen atoms in total. The first-order valence-corrected chi connectivity index (χ1v) is 8.79. The van der Waals surface area contributed by atoms with Gasteiger partial charge in [0.25, 0.3) is 5.91 Å². The van der Waals surface area contributed by atoms with Crippen LogP contribution in [0.1, 0.15) is 9.67 Å². The average molecular weight is 391 g/mol. The zero-order chi connectivity index (χ0) is 15.6. The molecule has 1 amide bonds. The minimum Gasteiger partial charge on any atom is -0.496 e. The number of carbonyl (C=O) groups excluding carboxylic acids is 1. The maximum Gasteiger partial charge on any atom is 0.265 e. The van der Waals surface area contributed by atoms with E-state index in [1.54, 1.807) is 11.4 Å². The molecule has 2 aromatic rings. The van der Waals surface area contributed by atoms with Crippen molar-refractivity contribution < 1.29 is 17.9 Å². The molecule has 0 fully saturated rings. The van der Waals surface area contributed by atoms with E-state index in [2.05, 4.69) is 21.2 Å². The number of carbonyl (C=O) groups is 1. The number of halogens is 1. The Morgan fingerprint density at radius 2 is 2.10 bits per heavy atom. The zero-order valence-corrected chi connectivity index (χ0v) is 14.0. The van der Waals surface area contributed by atoms with E-state index in [0.717, 1.165) is 0 Å². The Morgan fingerprint density at radius 3 is 2.62 bits per heavy atom. The second-order valence-corrected chi connectivity index (χ2v) is 7.32. The summed E-state index contributed by atoms with van der Waals surface area (Å²) in [4.78, 5) is 12.5. The van der Waals surface area contributed by atoms with Crippen LogP contribution in [0, 0.1) is 0 Å². The number of nitrogens with one attached hydrogen (secondary N) is 1. The zero-order valence-electron chi connectivity index (χ0n) is 10.8. The molecule has 0 aliphatic rings. The Morgan fingerprint density at radius 1 is 1.38 bits per heavy atom. The highest BCUT2D eigenvalue weighted by Gasteiger charge is 2.14. The van der Waals surface area contributed by atoms with E-state index in [1.807, 2.05) is 0 Å². The number of methoxy groups -OCH3 is 1. The summed E-state index contributed by atoms with van der Waals surface area (Å²) in [5, 5.41) is 9.43. The summed E-state index contributed by atoms with van der Waals surface area (Å²) in [6.45, 7) is 0. The third kappa shape index (κ3) is 3.82. The van der Waals surface area contributed by atoms with Gasteiger partial charge in [0.05, 0.1) is 22.6 Å². The van der Waals surface area contributed by atoms with Gasteiger partial charge < -0.3 is 10.1 Å². The molecule has 0 aliphatic heterocycles. The van der Waals surface area contributed by atoms with Crippen molar-refractivity contribution in [3.8, 4) is 5.75 Å². The van der Waals surface area contributed by atoms with Crippen molar-refractivity contribution in [3.63, 3.8) is 0 Å². The summed E-state index contributed by atoms with van der Waals surface area (Å²) in [6, 6.07) is 5.74. The molecule has 0 atom stereocenters. The SMILES string of the molecule is COc1csc(C(=O)Nc2ccc(S(N)(=O)=O)cc2Br)c1. The molecule has 1 aromatic heterocycles. The van der Waals surface area contributed by atoms with E-state index < -0.39 is 10.0 Å². The predicted molar refractivity (Wildman–Crippen MR) is 84.3 cm³/mol. The van der Waals surface area contributed by atoms with Gasteiger partial charge in [-0.1, -0.05) is 0 Å². The van der Waals surface area contributed by atoms with Crippen LogP contribution in [0.2, 0.25) is 0 Å². The summed E-state index contributed by atoms with van der Waals surface area (Å²) in [7, 11) is -2.26. The van der Waals surface area contributed by atoms with Gasteiger partial charge in [0.15, 0.2) is 0 Å². The molecule has 1 aromatic carbocycles. The molecule has 0 spiro atoms. The maximum atomic E-state index is 12.1. The van der Waals surface area contributed by atoms with Crippen LogP contribution in [-0.4, -0.2) is 21.4 Å². The van der Waals surface area contributed by atoms with Crippen LogP contribution in [0.5, 0.6) is 5.75 Å². The first-order chi connectivity index (χ1) is 9.81. The Bertz CT molecular complexity index is 786. The lowest BCUT2D eigenvalue weighted by atomic mass is 10.3. The number of rotatable bonds is 4. The van der Waals surface area contributed by atoms with E-state index in [9.17, 15) is 13.2 Å². The van der Waals surface area contributed by atoms with E-state index >= 15 is 0 Å². The lowest BCUT2D eigenvalue weighted by Gasteiger charge is -2.07. The monoisotopic (exact) mass is 390 g/mol. The van der Waals surface area contributed by atoms with Crippen molar-refractivity contribution >= 4 is 48.9 Å². The Labute approximate surface area is 134 Å². The number of hydrogen-bond acceptors (Lipinski definition) is 5. The van der Waals surface area contributed by atoms with Crippen LogP contribution in [-0.2, 0) is 10.0 Å². The average Bonchev–Trinajstić information content (AvgIpc) is 2.88. The van der Waals surface area contributed by atoms with Crippen LogP contribution in [0.4, 0.5) is 5.69 Å². The lowest BCUT2D eigenvalue weighted by Crippen LogP contribution is -2.13. The number of sulfonamides is 1. The molecule has 0 unspecified atom stereocenters. The minimum absolute atomic E-state index is 0.0369. The van der Waals surface area contributed by atoms with Crippen LogP contribution < -0.4 is 15.2 Å². The van der Waals surface area contributed by atoms with Gasteiger partial charge >= 0.3 is 0 Å². The van der Waals surface area contributed by atoms with Gasteiger partial charge in [0.2, 0.25) is 10.0 Å². The van der Waals surface area contributed by atoms with Crippen molar-refractivity contribution in [2.75, 3.05) is 12.4 Å². The molecule has 0 radical (unpaired) electrons. The molecule has 112 valence electrons. The van der Waals surface area contributed by atoms with E-state index in [1.165, 1.54) is 36.6 Å². The number of anilines is 1. The van der Waals surface area contributed by atoms with Gasteiger partial charge in [-0.15, -0.1) is 11.3 Å². The van der Waals surface area contributed by atoms with E-state index in [4.69, 9.17) is 9.88 Å². The molecule has 0 saturated carbocycles. The van der Waals surface area contributed by atoms with Gasteiger partial charge in [-0.3, -0.25) is 4.79 Å². The normalized spacial score (nSPS) is 11.2. The van der Waals surface area contributed by atoms with E-state index in [0.29, 0.717) is 20.8 Å². The minimum atomic E-state index is -3.78. The second-order valence-electron chi connectivity index (χ2n) is 3.99. The van der Waals surface area contributed by atoms with Crippen molar-refractivity contribution in [2.24, 2.45) is 5.14 Å². The fraction of sp³-hybridized carbons (Fsp3) is 0.0833. The van der Waals surface area contributed by atoms with Crippen LogP contribution in [0.3, 0.4) is 0 Å². The number of benzene rings is 1. The predicted octanol–water partition coefficient (Wildman–Crippen LogP) is 2.42. The lowest BCUT2D eigenvalue weighted by molar-refractivity contribution is 0.103. The molecular weight excluding hydrogens is 380 g/mol. The first-order valence-electron chi connectivity index (χ1n) is 5.57. The largest absolute Gasteiger partial charge is 0.496 e. The molecule has 9 heteroatoms. The number of thiophene rings is 1. The topological polar surface area (TPSA) is 98.5 Å². The van der Waals surface area contributed by atoms with Crippen molar-refractivity contribution in [3.05, 3.63) is 39.0 Å². The number of hydrogen-bond donors (Lipinski definition) is 2. The summed E-state index contributed by atoms with van der Waals surface area (Å²) in [5.74, 6) is 0.293. The summed E-state index contributed by atoms with van der Waals surface area (Å²) >= 11 is 4.45. The van der Waals surface area contributed by atoms with Crippen LogP contribution in [0.15, 0.2) is 39.0 Å². The molecule has 1 heterocycles. The number of ether oxygens (including phenoxy) is 1. The van der Waals surface area contributed by atoms with Crippen molar-refractivity contribution in [2.45, 2.75) is 4.90 Å². The molecular formula is C12H11BrN2O4S2. The third-order valence-electron chi connectivity index (χ3n) is 2.55. The summed E-state index contributed by atoms with van der Waals surface area (Å²) in [5.41, 5.74) is 0.444. The third-order valence-corrected chi connectivity index (χ3v) is 5.03. The number of nitrogens with two attached hydrogens (primary N) is 1. The van der Waals surface area contributed by atoms with Crippen molar-refractivity contribution in [1.29, 1.82) is 0 Å². The fourth-order valence-electron chi connectivity index (χ4n) is 1.50. The molecule has 3 N–H and O–H groups in total. The summed E-state index contributed by atoms with van der Waals surface area (Å²) < 4.78 is 27.9. The molecule has 0 bridgehead atoms. The van der Waals surface area contributed by atoms with Gasteiger partial charge in [-0.25, -0.2) is 13.6 Å². The van der Waals surface area contributed by atoms with Gasteiger partial charge in [0, 0.05) is 15.9 Å². The standard InChI is InChI=1S/C12H11BrN2O4S2/c1-19-7-4-11(20-6-7)12(16)15-10-3-2-8(5-9(10)13)21(14,17)18/h2-6H,1H3,(H,15,16)(H2,14,17,18). The van der Waals surface area contributed by atoms with Crippen LogP contribution in [0.25, 0.3) is 0 Å². The van der Waals surface area contributed by atoms with E-state index in [-0.39, 0.29) is 10.8 Å². The van der Waals surface area contributed by atoms with Crippen molar-refractivity contribution in [1.82, 2.24) is 0 Å². The molecule has 0 aliphatic carbocycles. The Hall–Kier alpha value is -1.42. The quantitative estimate of drug-likeness (QED) is 0.836. The molecule has 0 saturated heterocycles. The Kier molecular flexibility index (Phi) is 4.67. The Balaban J connectivity index is 2.22. The van der Waals surface area contributed by atoms with Gasteiger partial charge in [-0.05, 0) is 34.1 Å². The first kappa shape index (κ1) is 16.0. The maximum absolute atomic E-state index is 12.1. The van der Waals surface area contributed by atoms with Gasteiger partial charge in [0.1, 0.15) is 5.75 Å². The summed E-state index contributed by atoms with van der Waals surface area (Å²) in [6.07, 6.45) is 0. The highest BCUT2D eigenvalue weighted by atomic mass is 79.9. The number of amides is 1. The fourth-order valence-corrected chi connectivity index (χ4v) is 3.42. The molecule has 21 heavy (non-hydrogen) atoms. The highest BCUT2D eigenvalue weighted by Crippen LogP contribution is 2.27. The smallest absolute Gasteiger partial charge is 0.265 e. The van der Waals surface area contributed by atoms with Crippen LogP contribution >= 0.6 is 27.3 Å². The molecule has 2 rings (SSSR count). The number of primary sulfonamides is 1.